The van der Waals surface area contributed by atoms with Crippen LogP contribution >= 0.6 is 6.89 Å². The van der Waals surface area contributed by atoms with Crippen LogP contribution in [0.25, 0.3) is 21.5 Å². The molecule has 0 N–H and O–H groups in total. The number of rotatable bonds is 14. The van der Waals surface area contributed by atoms with E-state index in [1.54, 1.807) is 24.0 Å². The lowest BCUT2D eigenvalue weighted by Crippen LogP contribution is -2.65. The fourth-order valence-electron chi connectivity index (χ4n) is 7.64. The summed E-state index contributed by atoms with van der Waals surface area (Å²) >= 11 is 0. The van der Waals surface area contributed by atoms with Crippen LogP contribution in [0.5, 0.6) is 0 Å². The molecule has 57 heavy (non-hydrogen) atoms. The van der Waals surface area contributed by atoms with Crippen molar-refractivity contribution in [3.05, 3.63) is 176 Å². The number of hydrogen-bond donors (Lipinski definition) is 0. The molecule has 1 amide bonds. The highest BCUT2D eigenvalue weighted by Crippen LogP contribution is 2.47. The van der Waals surface area contributed by atoms with E-state index >= 15 is 0 Å². The molecule has 1 aliphatic heterocycles. The monoisotopic (exact) mass is 775 g/mol. The van der Waals surface area contributed by atoms with Gasteiger partial charge in [0.25, 0.3) is 0 Å². The quantitative estimate of drug-likeness (QED) is 0.0275. The number of Topliss-reactive ketones (excluding diaryl/α,β-unsaturated/α-hetero) is 1. The van der Waals surface area contributed by atoms with Gasteiger partial charge in [0, 0.05) is 17.9 Å². The van der Waals surface area contributed by atoms with Gasteiger partial charge in [0.15, 0.2) is 5.78 Å². The maximum Gasteiger partial charge on any atom is 0.508 e. The van der Waals surface area contributed by atoms with E-state index in [0.29, 0.717) is 16.4 Å². The molecule has 0 aliphatic carbocycles. The van der Waals surface area contributed by atoms with Crippen LogP contribution in [0, 0.1) is 5.92 Å². The van der Waals surface area contributed by atoms with Gasteiger partial charge in [-0.2, -0.15) is 0 Å². The van der Waals surface area contributed by atoms with E-state index in [0.717, 1.165) is 32.2 Å². The van der Waals surface area contributed by atoms with Crippen LogP contribution in [-0.2, 0) is 19.0 Å². The molecular formula is C48H42NO7P. The van der Waals surface area contributed by atoms with Crippen molar-refractivity contribution in [2.75, 3.05) is 13.2 Å². The van der Waals surface area contributed by atoms with E-state index in [2.05, 4.69) is 19.2 Å². The lowest BCUT2D eigenvalue weighted by molar-refractivity contribution is -0.154. The Morgan fingerprint density at radius 3 is 1.98 bits per heavy atom. The van der Waals surface area contributed by atoms with Gasteiger partial charge in [-0.05, 0) is 63.4 Å². The Morgan fingerprint density at radius 2 is 1.30 bits per heavy atom. The predicted octanol–water partition coefficient (Wildman–Crippen LogP) is 8.22. The first-order valence-corrected chi connectivity index (χ1v) is 20.6. The molecule has 0 unspecified atom stereocenters. The molecule has 9 heteroatoms. The van der Waals surface area contributed by atoms with Crippen LogP contribution in [-0.4, -0.2) is 60.0 Å². The fourth-order valence-corrected chi connectivity index (χ4v) is 11.7. The average Bonchev–Trinajstić information content (AvgIpc) is 3.25. The number of ether oxygens (including phenoxy) is 3. The largest absolute Gasteiger partial charge is 0.508 e. The first kappa shape index (κ1) is 38.8. The average molecular weight is 776 g/mol. The van der Waals surface area contributed by atoms with Crippen molar-refractivity contribution in [2.45, 2.75) is 25.5 Å². The molecule has 0 bridgehead atoms. The minimum Gasteiger partial charge on any atom is -0.458 e. The lowest BCUT2D eigenvalue weighted by Gasteiger charge is -2.48. The third kappa shape index (κ3) is 7.69. The van der Waals surface area contributed by atoms with Crippen LogP contribution in [0.3, 0.4) is 0 Å². The number of likely N-dealkylation sites (tertiary alicyclic amines) is 1. The number of ketones is 1. The molecule has 6 aromatic rings. The summed E-state index contributed by atoms with van der Waals surface area (Å²) in [5, 5.41) is 6.47. The standard InChI is InChI=1S/C48H42NO7P/c1-4-28-54-47(52)40-22-14-15-23-44(40)57(37-17-8-6-9-18-37,38-19-10-7-11-20-38)32-49-42(45(46(49)51)33(3)56-48(53)55-29-5-2)31-43(50)36-27-26-35-25-24-34-16-12-13-21-39(34)41(35)30-36/h4-27,30,32-33,42,45H,1-2,28-29,31H2,3H3/t33-,42-,45-/m1/s1. The topological polar surface area (TPSA) is 99.2 Å². The van der Waals surface area contributed by atoms with E-state index in [1.807, 2.05) is 127 Å². The zero-order valence-electron chi connectivity index (χ0n) is 31.5. The number of amides is 1. The maximum absolute atomic E-state index is 14.6. The molecule has 0 spiro atoms. The van der Waals surface area contributed by atoms with Crippen molar-refractivity contribution in [3.63, 3.8) is 0 Å². The normalized spacial score (nSPS) is 15.6. The zero-order chi connectivity index (χ0) is 39.9. The highest BCUT2D eigenvalue weighted by Gasteiger charge is 2.52. The van der Waals surface area contributed by atoms with Crippen LogP contribution in [0.15, 0.2) is 165 Å². The Labute approximate surface area is 332 Å². The molecule has 0 saturated carbocycles. The van der Waals surface area contributed by atoms with Gasteiger partial charge in [-0.1, -0.05) is 153 Å². The van der Waals surface area contributed by atoms with E-state index in [9.17, 15) is 19.2 Å². The molecule has 0 aromatic heterocycles. The Bertz CT molecular complexity index is 2510. The number of nitrogens with zero attached hydrogens (tertiary/aromatic N) is 1. The molecule has 3 atom stereocenters. The number of esters is 1. The van der Waals surface area contributed by atoms with Gasteiger partial charge in [-0.25, -0.2) is 9.59 Å². The van der Waals surface area contributed by atoms with E-state index in [-0.39, 0.29) is 31.3 Å². The minimum atomic E-state index is -3.05. The van der Waals surface area contributed by atoms with Gasteiger partial charge >= 0.3 is 12.1 Å². The van der Waals surface area contributed by atoms with Crippen molar-refractivity contribution in [2.24, 2.45) is 5.92 Å². The molecule has 1 heterocycles. The lowest BCUT2D eigenvalue weighted by atomic mass is 9.80. The molecule has 1 aliphatic rings. The molecule has 1 fully saturated rings. The third-order valence-electron chi connectivity index (χ3n) is 10.3. The summed E-state index contributed by atoms with van der Waals surface area (Å²) in [6.45, 7) is 5.83. The Kier molecular flexibility index (Phi) is 11.6. The number of hydrogen-bond acceptors (Lipinski definition) is 7. The van der Waals surface area contributed by atoms with Gasteiger partial charge in [-0.3, -0.25) is 9.59 Å². The van der Waals surface area contributed by atoms with Crippen molar-refractivity contribution >= 4 is 74.1 Å². The highest BCUT2D eigenvalue weighted by molar-refractivity contribution is 7.94. The molecule has 8 nitrogen and oxygen atoms in total. The molecule has 0 radical (unpaired) electrons. The second kappa shape index (κ2) is 17.1. The smallest absolute Gasteiger partial charge is 0.458 e. The van der Waals surface area contributed by atoms with Gasteiger partial charge < -0.3 is 19.1 Å². The van der Waals surface area contributed by atoms with Gasteiger partial charge in [0.2, 0.25) is 5.91 Å². The van der Waals surface area contributed by atoms with E-state index in [1.165, 1.54) is 12.2 Å². The second-order valence-electron chi connectivity index (χ2n) is 13.8. The number of carbonyl (C=O) groups is 4. The number of β-lactam (4-membered cyclic amide) rings is 1. The van der Waals surface area contributed by atoms with Crippen LogP contribution in [0.1, 0.15) is 34.1 Å². The van der Waals surface area contributed by atoms with Gasteiger partial charge in [0.05, 0.1) is 17.5 Å². The number of fused-ring (bicyclic) bond motifs is 3. The van der Waals surface area contributed by atoms with Gasteiger partial charge in [-0.15, -0.1) is 0 Å². The number of benzene rings is 6. The Hall–Kier alpha value is -6.50. The molecule has 6 aromatic carbocycles. The van der Waals surface area contributed by atoms with E-state index in [4.69, 9.17) is 14.2 Å². The van der Waals surface area contributed by atoms with Crippen molar-refractivity contribution in [3.8, 4) is 0 Å². The van der Waals surface area contributed by atoms with Crippen LogP contribution < -0.4 is 15.9 Å². The summed E-state index contributed by atoms with van der Waals surface area (Å²) in [7, 11) is 0. The summed E-state index contributed by atoms with van der Waals surface area (Å²) in [4.78, 5) is 57.1. The first-order valence-electron chi connectivity index (χ1n) is 18.7. The van der Waals surface area contributed by atoms with E-state index < -0.39 is 37.1 Å². The third-order valence-corrected chi connectivity index (χ3v) is 14.3. The summed E-state index contributed by atoms with van der Waals surface area (Å²) in [5.74, 6) is 0.0147. The summed E-state index contributed by atoms with van der Waals surface area (Å²) < 4.78 is 16.3. The zero-order valence-corrected chi connectivity index (χ0v) is 32.4. The summed E-state index contributed by atoms with van der Waals surface area (Å²) in [6, 6.07) is 43.8. The molecule has 1 saturated heterocycles. The van der Waals surface area contributed by atoms with Crippen molar-refractivity contribution < 1.29 is 33.4 Å². The molecule has 7 rings (SSSR count). The number of carbonyl (C=O) groups excluding carboxylic acids is 4. The minimum absolute atomic E-state index is 0.0210. The van der Waals surface area contributed by atoms with Crippen LogP contribution in [0.2, 0.25) is 0 Å². The first-order chi connectivity index (χ1) is 27.8. The predicted molar refractivity (Wildman–Crippen MR) is 228 cm³/mol. The molecule has 286 valence electrons. The summed E-state index contributed by atoms with van der Waals surface area (Å²) in [6.07, 6.45) is 1.00. The SMILES string of the molecule is C=CCOC(=O)O[C@H](C)[C@H]1C(=O)N(C=P(c2ccccc2)(c2ccccc2)c2ccccc2C(=O)OCC=C)[C@@H]1CC(=O)c1ccc2ccc3ccccc3c2c1. The fraction of sp³-hybridized carbons (Fsp3) is 0.146. The van der Waals surface area contributed by atoms with Crippen molar-refractivity contribution in [1.82, 2.24) is 4.90 Å². The Balaban J connectivity index is 1.40. The highest BCUT2D eigenvalue weighted by atomic mass is 31.2. The Morgan fingerprint density at radius 1 is 0.719 bits per heavy atom. The van der Waals surface area contributed by atoms with Gasteiger partial charge in [0.1, 0.15) is 19.3 Å². The maximum atomic E-state index is 14.6. The second-order valence-corrected chi connectivity index (χ2v) is 17.0. The van der Waals surface area contributed by atoms with Crippen molar-refractivity contribution in [1.29, 1.82) is 0 Å². The molecular weight excluding hydrogens is 734 g/mol. The van der Waals surface area contributed by atoms with Crippen LogP contribution in [0.4, 0.5) is 4.79 Å². The summed E-state index contributed by atoms with van der Waals surface area (Å²) in [5.41, 5.74) is 0.845.